The minimum Gasteiger partial charge on any atom is -0.493 e. The second kappa shape index (κ2) is 12.2. The molecule has 2 amide bonds. The summed E-state index contributed by atoms with van der Waals surface area (Å²) in [5.74, 6) is 1.27. The topological polar surface area (TPSA) is 111 Å². The van der Waals surface area contributed by atoms with Crippen LogP contribution >= 0.6 is 0 Å². The molecule has 0 spiro atoms. The number of carbonyl (C=O) groups is 2. The fourth-order valence-electron chi connectivity index (χ4n) is 4.66. The first-order valence-corrected chi connectivity index (χ1v) is 12.8. The lowest BCUT2D eigenvalue weighted by Crippen LogP contribution is -2.57. The van der Waals surface area contributed by atoms with E-state index in [0.29, 0.717) is 29.3 Å². The summed E-state index contributed by atoms with van der Waals surface area (Å²) in [6.07, 6.45) is 6.36. The predicted molar refractivity (Wildman–Crippen MR) is 137 cm³/mol. The highest BCUT2D eigenvalue weighted by Gasteiger charge is 2.37. The lowest BCUT2D eigenvalue weighted by Gasteiger charge is -2.37. The van der Waals surface area contributed by atoms with Crippen LogP contribution in [0.15, 0.2) is 18.2 Å². The molecule has 36 heavy (non-hydrogen) atoms. The molecule has 1 fully saturated rings. The minimum absolute atomic E-state index is 0.0407. The van der Waals surface area contributed by atoms with Crippen molar-refractivity contribution in [2.75, 3.05) is 14.2 Å². The number of ether oxygens (including phenoxy) is 2. The van der Waals surface area contributed by atoms with Gasteiger partial charge in [0.05, 0.1) is 14.2 Å². The minimum atomic E-state index is -0.520. The molecule has 3 rings (SSSR count). The molecule has 0 radical (unpaired) electrons. The molecule has 1 atom stereocenters. The van der Waals surface area contributed by atoms with Crippen LogP contribution in [0.2, 0.25) is 0 Å². The Hall–Kier alpha value is -3.17. The van der Waals surface area contributed by atoms with Crippen molar-refractivity contribution in [3.05, 3.63) is 18.2 Å². The molecule has 1 unspecified atom stereocenters. The lowest BCUT2D eigenvalue weighted by atomic mass is 10.0. The van der Waals surface area contributed by atoms with Gasteiger partial charge in [-0.2, -0.15) is 4.80 Å². The normalized spacial score (nSPS) is 14.9. The van der Waals surface area contributed by atoms with Crippen molar-refractivity contribution in [3.63, 3.8) is 0 Å². The van der Waals surface area contributed by atoms with Crippen LogP contribution in [0.4, 0.5) is 0 Å². The van der Waals surface area contributed by atoms with Gasteiger partial charge in [0.1, 0.15) is 12.6 Å². The van der Waals surface area contributed by atoms with E-state index in [1.54, 1.807) is 26.4 Å². The lowest BCUT2D eigenvalue weighted by molar-refractivity contribution is -0.145. The summed E-state index contributed by atoms with van der Waals surface area (Å²) in [7, 11) is 3.14. The highest BCUT2D eigenvalue weighted by molar-refractivity contribution is 5.88. The Morgan fingerprint density at radius 3 is 2.47 bits per heavy atom. The Kier molecular flexibility index (Phi) is 9.28. The van der Waals surface area contributed by atoms with Crippen molar-refractivity contribution in [3.8, 4) is 22.9 Å². The van der Waals surface area contributed by atoms with Crippen LogP contribution in [0.3, 0.4) is 0 Å². The molecule has 1 heterocycles. The van der Waals surface area contributed by atoms with E-state index in [-0.39, 0.29) is 29.9 Å². The number of unbranched alkanes of at least 4 members (excludes halogenated alkanes) is 1. The third kappa shape index (κ3) is 6.95. The number of nitrogens with zero attached hydrogens (tertiary/aromatic N) is 5. The maximum atomic E-state index is 13.7. The van der Waals surface area contributed by atoms with E-state index in [9.17, 15) is 9.59 Å². The van der Waals surface area contributed by atoms with Crippen molar-refractivity contribution in [1.82, 2.24) is 30.4 Å². The van der Waals surface area contributed by atoms with E-state index in [2.05, 4.69) is 27.7 Å². The molecule has 10 heteroatoms. The molecule has 1 N–H and O–H groups in total. The van der Waals surface area contributed by atoms with Gasteiger partial charge in [-0.25, -0.2) is 0 Å². The van der Waals surface area contributed by atoms with Gasteiger partial charge in [0.15, 0.2) is 11.5 Å². The molecule has 198 valence electrons. The van der Waals surface area contributed by atoms with Crippen LogP contribution in [0.5, 0.6) is 11.5 Å². The van der Waals surface area contributed by atoms with E-state index in [1.165, 1.54) is 4.80 Å². The predicted octanol–water partition coefficient (Wildman–Crippen LogP) is 3.60. The zero-order valence-electron chi connectivity index (χ0n) is 22.4. The van der Waals surface area contributed by atoms with Gasteiger partial charge >= 0.3 is 0 Å². The number of tetrazole rings is 1. The summed E-state index contributed by atoms with van der Waals surface area (Å²) < 4.78 is 10.7. The second-order valence-electron chi connectivity index (χ2n) is 10.3. The van der Waals surface area contributed by atoms with Crippen molar-refractivity contribution >= 4 is 11.8 Å². The number of amides is 2. The average Bonchev–Trinajstić information content (AvgIpc) is 3.52. The Balaban J connectivity index is 1.84. The zero-order chi connectivity index (χ0) is 26.3. The Bertz CT molecular complexity index is 1030. The summed E-state index contributed by atoms with van der Waals surface area (Å²) >= 11 is 0. The third-order valence-corrected chi connectivity index (χ3v) is 6.35. The van der Waals surface area contributed by atoms with Crippen molar-refractivity contribution in [1.29, 1.82) is 0 Å². The molecular formula is C26H40N6O4. The van der Waals surface area contributed by atoms with Crippen LogP contribution < -0.4 is 14.8 Å². The molecule has 1 aliphatic carbocycles. The van der Waals surface area contributed by atoms with Crippen LogP contribution in [-0.4, -0.2) is 68.8 Å². The number of benzene rings is 1. The first-order chi connectivity index (χ1) is 17.2. The van der Waals surface area contributed by atoms with Crippen molar-refractivity contribution in [2.45, 2.75) is 96.8 Å². The maximum Gasteiger partial charge on any atom is 0.247 e. The summed E-state index contributed by atoms with van der Waals surface area (Å²) in [5, 5.41) is 15.8. The van der Waals surface area contributed by atoms with E-state index in [0.717, 1.165) is 38.5 Å². The molecule has 0 saturated heterocycles. The van der Waals surface area contributed by atoms with Crippen LogP contribution in [0.25, 0.3) is 11.4 Å². The average molecular weight is 501 g/mol. The summed E-state index contributed by atoms with van der Waals surface area (Å²) in [4.78, 5) is 30.1. The van der Waals surface area contributed by atoms with Gasteiger partial charge in [-0.1, -0.05) is 32.6 Å². The number of nitrogens with one attached hydrogen (secondary N) is 1. The summed E-state index contributed by atoms with van der Waals surface area (Å²) in [5.41, 5.74) is 0.317. The molecule has 10 nitrogen and oxygen atoms in total. The van der Waals surface area contributed by atoms with Gasteiger partial charge in [0.25, 0.3) is 0 Å². The highest BCUT2D eigenvalue weighted by atomic mass is 16.5. The van der Waals surface area contributed by atoms with Gasteiger partial charge in [0, 0.05) is 17.1 Å². The Morgan fingerprint density at radius 1 is 1.17 bits per heavy atom. The highest BCUT2D eigenvalue weighted by Crippen LogP contribution is 2.31. The van der Waals surface area contributed by atoms with Gasteiger partial charge < -0.3 is 19.7 Å². The number of hydrogen-bond acceptors (Lipinski definition) is 7. The molecular weight excluding hydrogens is 460 g/mol. The molecule has 0 aliphatic heterocycles. The summed E-state index contributed by atoms with van der Waals surface area (Å²) in [6, 6.07) is 4.87. The monoisotopic (exact) mass is 500 g/mol. The van der Waals surface area contributed by atoms with Gasteiger partial charge in [-0.15, -0.1) is 10.2 Å². The number of carbonyl (C=O) groups excluding carboxylic acids is 2. The quantitative estimate of drug-likeness (QED) is 0.502. The fraction of sp³-hybridized carbons (Fsp3) is 0.654. The molecule has 1 aliphatic rings. The van der Waals surface area contributed by atoms with Gasteiger partial charge in [0.2, 0.25) is 17.6 Å². The smallest absolute Gasteiger partial charge is 0.247 e. The van der Waals surface area contributed by atoms with Crippen molar-refractivity contribution < 1.29 is 19.1 Å². The second-order valence-corrected chi connectivity index (χ2v) is 10.3. The van der Waals surface area contributed by atoms with Crippen LogP contribution in [0, 0.1) is 0 Å². The number of hydrogen-bond donors (Lipinski definition) is 1. The third-order valence-electron chi connectivity index (χ3n) is 6.35. The first kappa shape index (κ1) is 27.4. The van der Waals surface area contributed by atoms with Gasteiger partial charge in [-0.3, -0.25) is 9.59 Å². The van der Waals surface area contributed by atoms with Crippen LogP contribution in [-0.2, 0) is 16.1 Å². The first-order valence-electron chi connectivity index (χ1n) is 12.8. The Labute approximate surface area is 213 Å². The van der Waals surface area contributed by atoms with E-state index in [4.69, 9.17) is 9.47 Å². The Morgan fingerprint density at radius 2 is 1.86 bits per heavy atom. The summed E-state index contributed by atoms with van der Waals surface area (Å²) in [6.45, 7) is 7.88. The van der Waals surface area contributed by atoms with E-state index < -0.39 is 6.04 Å². The van der Waals surface area contributed by atoms with Crippen LogP contribution in [0.1, 0.15) is 72.6 Å². The zero-order valence-corrected chi connectivity index (χ0v) is 22.4. The molecule has 2 aromatic rings. The standard InChI is InChI=1S/C26H40N6O4/c1-7-8-13-20(25(34)27-26(2,3)4)32(19-11-9-10-12-19)23(33)17-31-29-24(28-30-31)18-14-15-21(35-5)22(16-18)36-6/h14-16,19-20H,7-13,17H2,1-6H3,(H,27,34). The molecule has 0 bridgehead atoms. The number of aromatic nitrogens is 4. The fourth-order valence-corrected chi connectivity index (χ4v) is 4.66. The molecule has 1 aromatic carbocycles. The molecule has 1 aromatic heterocycles. The SMILES string of the molecule is CCCCC(C(=O)NC(C)(C)C)N(C(=O)Cn1nnc(-c2ccc(OC)c(OC)c2)n1)C1CCCC1. The van der Waals surface area contributed by atoms with Gasteiger partial charge in [-0.05, 0) is 63.4 Å². The largest absolute Gasteiger partial charge is 0.493 e. The molecule has 1 saturated carbocycles. The van der Waals surface area contributed by atoms with E-state index >= 15 is 0 Å². The van der Waals surface area contributed by atoms with E-state index in [1.807, 2.05) is 31.7 Å². The van der Waals surface area contributed by atoms with Crippen molar-refractivity contribution in [2.24, 2.45) is 0 Å². The maximum absolute atomic E-state index is 13.7. The number of rotatable bonds is 11. The number of methoxy groups -OCH3 is 2.